The second-order valence-electron chi connectivity index (χ2n) is 8.97. The van der Waals surface area contributed by atoms with Crippen LogP contribution in [0.1, 0.15) is 53.9 Å². The summed E-state index contributed by atoms with van der Waals surface area (Å²) in [4.78, 5) is 27.0. The van der Waals surface area contributed by atoms with Crippen molar-refractivity contribution >= 4 is 17.6 Å². The number of pyridine rings is 1. The van der Waals surface area contributed by atoms with Crippen molar-refractivity contribution in [3.63, 3.8) is 0 Å². The summed E-state index contributed by atoms with van der Waals surface area (Å²) in [6.07, 6.45) is 2.78. The van der Waals surface area contributed by atoms with Crippen molar-refractivity contribution in [1.82, 2.24) is 9.30 Å². The Bertz CT molecular complexity index is 1160. The molecule has 1 fully saturated rings. The maximum atomic E-state index is 12.7. The van der Waals surface area contributed by atoms with Crippen molar-refractivity contribution in [1.29, 1.82) is 0 Å². The van der Waals surface area contributed by atoms with Gasteiger partial charge in [0.25, 0.3) is 0 Å². The standard InChI is InChI=1S/C27H32N2O5/c1-4-33-25(30)23-19(2)24(29-15-9-8-12-22(23)29)27(3,32)21-13-16-28(17-14-21)26(31)34-18-20-10-6-5-7-11-20/h5-12,15,21,32H,4,13-14,16-18H2,1-3H3. The van der Waals surface area contributed by atoms with Gasteiger partial charge in [0.1, 0.15) is 12.2 Å². The van der Waals surface area contributed by atoms with Crippen LogP contribution < -0.4 is 0 Å². The van der Waals surface area contributed by atoms with E-state index in [1.165, 1.54) is 0 Å². The number of esters is 1. The zero-order valence-electron chi connectivity index (χ0n) is 20.0. The van der Waals surface area contributed by atoms with Crippen molar-refractivity contribution in [3.05, 3.63) is 77.1 Å². The van der Waals surface area contributed by atoms with E-state index in [4.69, 9.17) is 9.47 Å². The van der Waals surface area contributed by atoms with Gasteiger partial charge >= 0.3 is 12.1 Å². The van der Waals surface area contributed by atoms with E-state index in [9.17, 15) is 14.7 Å². The predicted molar refractivity (Wildman–Crippen MR) is 129 cm³/mol. The van der Waals surface area contributed by atoms with Gasteiger partial charge in [-0.1, -0.05) is 36.4 Å². The normalized spacial score (nSPS) is 16.3. The number of hydrogen-bond donors (Lipinski definition) is 1. The first-order chi connectivity index (χ1) is 16.3. The summed E-state index contributed by atoms with van der Waals surface area (Å²) in [6, 6.07) is 15.2. The van der Waals surface area contributed by atoms with Gasteiger partial charge in [0, 0.05) is 19.3 Å². The predicted octanol–water partition coefficient (Wildman–Crippen LogP) is 4.68. The average Bonchev–Trinajstić information content (AvgIpc) is 3.15. The fourth-order valence-electron chi connectivity index (χ4n) is 5.05. The van der Waals surface area contributed by atoms with Crippen LogP contribution in [0.4, 0.5) is 4.79 Å². The molecule has 1 unspecified atom stereocenters. The molecule has 1 aromatic carbocycles. The van der Waals surface area contributed by atoms with E-state index in [-0.39, 0.29) is 31.2 Å². The van der Waals surface area contributed by atoms with E-state index in [0.29, 0.717) is 37.2 Å². The molecule has 0 spiro atoms. The molecular formula is C27H32N2O5. The lowest BCUT2D eigenvalue weighted by Gasteiger charge is -2.39. The molecule has 3 heterocycles. The molecule has 7 heteroatoms. The molecule has 34 heavy (non-hydrogen) atoms. The Morgan fingerprint density at radius 2 is 1.74 bits per heavy atom. The van der Waals surface area contributed by atoms with E-state index in [0.717, 1.165) is 16.6 Å². The van der Waals surface area contributed by atoms with Crippen molar-refractivity contribution in [3.8, 4) is 0 Å². The minimum Gasteiger partial charge on any atom is -0.462 e. The molecule has 3 aromatic rings. The third-order valence-electron chi connectivity index (χ3n) is 6.80. The van der Waals surface area contributed by atoms with Gasteiger partial charge in [-0.25, -0.2) is 9.59 Å². The zero-order valence-corrected chi connectivity index (χ0v) is 20.0. The second-order valence-corrected chi connectivity index (χ2v) is 8.97. The summed E-state index contributed by atoms with van der Waals surface area (Å²) in [7, 11) is 0. The highest BCUT2D eigenvalue weighted by molar-refractivity contribution is 5.99. The lowest BCUT2D eigenvalue weighted by Crippen LogP contribution is -2.45. The maximum Gasteiger partial charge on any atom is 0.410 e. The highest BCUT2D eigenvalue weighted by Gasteiger charge is 2.41. The number of aromatic nitrogens is 1. The number of likely N-dealkylation sites (tertiary alicyclic amines) is 1. The molecule has 4 rings (SSSR count). The fourth-order valence-corrected chi connectivity index (χ4v) is 5.05. The van der Waals surface area contributed by atoms with E-state index in [2.05, 4.69) is 0 Å². The zero-order chi connectivity index (χ0) is 24.3. The van der Waals surface area contributed by atoms with Crippen LogP contribution in [0, 0.1) is 12.8 Å². The Hall–Kier alpha value is -3.32. The first-order valence-corrected chi connectivity index (χ1v) is 11.8. The highest BCUT2D eigenvalue weighted by atomic mass is 16.6. The number of aliphatic hydroxyl groups is 1. The second kappa shape index (κ2) is 9.89. The van der Waals surface area contributed by atoms with Gasteiger partial charge in [-0.05, 0) is 62.8 Å². The molecule has 1 saturated heterocycles. The monoisotopic (exact) mass is 464 g/mol. The molecule has 0 aliphatic carbocycles. The summed E-state index contributed by atoms with van der Waals surface area (Å²) < 4.78 is 12.7. The van der Waals surface area contributed by atoms with E-state index >= 15 is 0 Å². The molecule has 180 valence electrons. The van der Waals surface area contributed by atoms with Crippen LogP contribution in [0.25, 0.3) is 5.52 Å². The molecule has 1 atom stereocenters. The Morgan fingerprint density at radius 1 is 1.06 bits per heavy atom. The van der Waals surface area contributed by atoms with Crippen LogP contribution in [0.3, 0.4) is 0 Å². The number of piperidine rings is 1. The lowest BCUT2D eigenvalue weighted by molar-refractivity contribution is -0.0370. The molecule has 1 amide bonds. The number of amides is 1. The minimum atomic E-state index is -1.20. The molecular weight excluding hydrogens is 432 g/mol. The number of hydrogen-bond acceptors (Lipinski definition) is 5. The number of carbonyl (C=O) groups excluding carboxylic acids is 2. The summed E-state index contributed by atoms with van der Waals surface area (Å²) >= 11 is 0. The molecule has 0 radical (unpaired) electrons. The number of ether oxygens (including phenoxy) is 2. The molecule has 2 aromatic heterocycles. The topological polar surface area (TPSA) is 80.5 Å². The number of carbonyl (C=O) groups is 2. The summed E-state index contributed by atoms with van der Waals surface area (Å²) in [5.41, 5.74) is 2.37. The van der Waals surface area contributed by atoms with Gasteiger partial charge in [-0.2, -0.15) is 0 Å². The third-order valence-corrected chi connectivity index (χ3v) is 6.80. The largest absolute Gasteiger partial charge is 0.462 e. The van der Waals surface area contributed by atoms with E-state index in [1.54, 1.807) is 18.7 Å². The highest BCUT2D eigenvalue weighted by Crippen LogP contribution is 2.40. The Kier molecular flexibility index (Phi) is 6.93. The maximum absolute atomic E-state index is 12.7. The molecule has 1 aliphatic heterocycles. The number of rotatable bonds is 6. The minimum absolute atomic E-state index is 0.0854. The van der Waals surface area contributed by atoms with Gasteiger partial charge in [0.15, 0.2) is 0 Å². The van der Waals surface area contributed by atoms with Crippen molar-refractivity contribution in [2.24, 2.45) is 5.92 Å². The Morgan fingerprint density at radius 3 is 2.41 bits per heavy atom. The summed E-state index contributed by atoms with van der Waals surface area (Å²) in [5.74, 6) is -0.473. The summed E-state index contributed by atoms with van der Waals surface area (Å²) in [6.45, 7) is 6.97. The van der Waals surface area contributed by atoms with Gasteiger partial charge in [-0.15, -0.1) is 0 Å². The van der Waals surface area contributed by atoms with E-state index in [1.807, 2.05) is 66.1 Å². The average molecular weight is 465 g/mol. The Labute approximate surface area is 199 Å². The molecule has 7 nitrogen and oxygen atoms in total. The van der Waals surface area contributed by atoms with Crippen LogP contribution >= 0.6 is 0 Å². The van der Waals surface area contributed by atoms with E-state index < -0.39 is 5.60 Å². The molecule has 1 N–H and O–H groups in total. The molecule has 1 aliphatic rings. The van der Waals surface area contributed by atoms with Gasteiger partial charge in [0.2, 0.25) is 0 Å². The van der Waals surface area contributed by atoms with Crippen LogP contribution in [-0.2, 0) is 21.7 Å². The van der Waals surface area contributed by atoms with Gasteiger partial charge < -0.3 is 23.9 Å². The van der Waals surface area contributed by atoms with Crippen LogP contribution in [0.2, 0.25) is 0 Å². The van der Waals surface area contributed by atoms with Crippen molar-refractivity contribution in [2.45, 2.75) is 45.8 Å². The van der Waals surface area contributed by atoms with Crippen LogP contribution in [0.15, 0.2) is 54.7 Å². The SMILES string of the molecule is CCOC(=O)c1c(C)c(C(C)(O)C2CCN(C(=O)OCc3ccccc3)CC2)n2ccccc12. The summed E-state index contributed by atoms with van der Waals surface area (Å²) in [5, 5.41) is 11.8. The van der Waals surface area contributed by atoms with Gasteiger partial charge in [0.05, 0.1) is 23.4 Å². The van der Waals surface area contributed by atoms with Gasteiger partial charge in [-0.3, -0.25) is 0 Å². The third kappa shape index (κ3) is 4.53. The Balaban J connectivity index is 1.50. The smallest absolute Gasteiger partial charge is 0.410 e. The number of nitrogens with zero attached hydrogens (tertiary/aromatic N) is 2. The quantitative estimate of drug-likeness (QED) is 0.536. The van der Waals surface area contributed by atoms with Crippen molar-refractivity contribution < 1.29 is 24.2 Å². The number of fused-ring (bicyclic) bond motifs is 1. The lowest BCUT2D eigenvalue weighted by atomic mass is 9.78. The molecule has 0 saturated carbocycles. The fraction of sp³-hybridized carbons (Fsp3) is 0.407. The van der Waals surface area contributed by atoms with Crippen LogP contribution in [0.5, 0.6) is 0 Å². The van der Waals surface area contributed by atoms with Crippen LogP contribution in [-0.4, -0.2) is 46.2 Å². The van der Waals surface area contributed by atoms with Crippen molar-refractivity contribution in [2.75, 3.05) is 19.7 Å². The number of benzene rings is 1. The first kappa shape index (κ1) is 23.8. The molecule has 0 bridgehead atoms. The first-order valence-electron chi connectivity index (χ1n) is 11.8.